The third-order valence-corrected chi connectivity index (χ3v) is 8.06. The normalized spacial score (nSPS) is 26.3. The Morgan fingerprint density at radius 1 is 1.03 bits per heavy atom. The zero-order valence-electron chi connectivity index (χ0n) is 21.1. The molecule has 0 saturated heterocycles. The van der Waals surface area contributed by atoms with Crippen LogP contribution in [-0.4, -0.2) is 74.4 Å². The molecule has 8 N–H and O–H groups in total. The van der Waals surface area contributed by atoms with Crippen molar-refractivity contribution in [3.8, 4) is 16.9 Å². The molecule has 11 heteroatoms. The summed E-state index contributed by atoms with van der Waals surface area (Å²) in [4.78, 5) is 52.4. The average Bonchev–Trinajstić information content (AvgIpc) is 2.86. The summed E-state index contributed by atoms with van der Waals surface area (Å²) in [6.45, 7) is 0. The smallest absolute Gasteiger partial charge is 0.255 e. The van der Waals surface area contributed by atoms with Crippen molar-refractivity contribution in [2.24, 2.45) is 23.3 Å². The molecule has 4 atom stereocenters. The van der Waals surface area contributed by atoms with Crippen LogP contribution in [0.2, 0.25) is 0 Å². The Bertz CT molecular complexity index is 1560. The average molecular weight is 534 g/mol. The summed E-state index contributed by atoms with van der Waals surface area (Å²) in [6, 6.07) is 8.28. The summed E-state index contributed by atoms with van der Waals surface area (Å²) in [7, 11) is 3.07. The van der Waals surface area contributed by atoms with E-state index in [4.69, 9.17) is 11.5 Å². The number of fused-ring (bicyclic) bond motifs is 3. The maximum Gasteiger partial charge on any atom is 0.255 e. The molecule has 2 aromatic rings. The lowest BCUT2D eigenvalue weighted by Crippen LogP contribution is -2.65. The van der Waals surface area contributed by atoms with E-state index < -0.39 is 64.0 Å². The summed E-state index contributed by atoms with van der Waals surface area (Å²) in [5.74, 6) is -7.76. The third kappa shape index (κ3) is 3.57. The minimum atomic E-state index is -2.70. The molecule has 1 fully saturated rings. The number of aliphatic hydroxyl groups excluding tert-OH is 2. The Balaban J connectivity index is 1.73. The molecule has 0 radical (unpaired) electrons. The van der Waals surface area contributed by atoms with Crippen LogP contribution in [-0.2, 0) is 20.8 Å². The van der Waals surface area contributed by atoms with Gasteiger partial charge in [-0.05, 0) is 67.7 Å². The van der Waals surface area contributed by atoms with E-state index in [1.165, 1.54) is 25.1 Å². The van der Waals surface area contributed by atoms with Crippen LogP contribution in [0.3, 0.4) is 0 Å². The van der Waals surface area contributed by atoms with Gasteiger partial charge in [0.25, 0.3) is 5.91 Å². The van der Waals surface area contributed by atoms with Crippen LogP contribution in [0.15, 0.2) is 53.3 Å². The van der Waals surface area contributed by atoms with Crippen molar-refractivity contribution in [1.82, 2.24) is 4.90 Å². The molecule has 3 aliphatic rings. The van der Waals surface area contributed by atoms with Gasteiger partial charge in [-0.2, -0.15) is 0 Å². The number of carbonyl (C=O) groups excluding carboxylic acids is 4. The molecule has 0 aromatic heterocycles. The van der Waals surface area contributed by atoms with Crippen LogP contribution >= 0.6 is 0 Å². The molecule has 202 valence electrons. The van der Waals surface area contributed by atoms with Gasteiger partial charge in [-0.25, -0.2) is 0 Å². The molecule has 2 aromatic carbocycles. The molecule has 39 heavy (non-hydrogen) atoms. The highest BCUT2D eigenvalue weighted by molar-refractivity contribution is 6.24. The number of rotatable bonds is 4. The maximum absolute atomic E-state index is 13.9. The number of nitrogens with two attached hydrogens (primary N) is 2. The van der Waals surface area contributed by atoms with Crippen molar-refractivity contribution in [2.75, 3.05) is 14.1 Å². The van der Waals surface area contributed by atoms with Crippen LogP contribution in [0.1, 0.15) is 27.9 Å². The summed E-state index contributed by atoms with van der Waals surface area (Å²) < 4.78 is 0. The van der Waals surface area contributed by atoms with Crippen molar-refractivity contribution < 1.29 is 39.6 Å². The van der Waals surface area contributed by atoms with Gasteiger partial charge in [0.15, 0.2) is 11.4 Å². The van der Waals surface area contributed by atoms with Crippen molar-refractivity contribution in [3.05, 3.63) is 70.0 Å². The molecule has 2 amide bonds. The Labute approximate surface area is 222 Å². The van der Waals surface area contributed by atoms with E-state index in [-0.39, 0.29) is 35.3 Å². The number of aromatic hydroxyl groups is 1. The molecule has 5 rings (SSSR count). The molecule has 0 bridgehead atoms. The second kappa shape index (κ2) is 8.79. The lowest BCUT2D eigenvalue weighted by molar-refractivity contribution is -0.153. The van der Waals surface area contributed by atoms with Gasteiger partial charge in [-0.3, -0.25) is 24.1 Å². The monoisotopic (exact) mass is 533 g/mol. The van der Waals surface area contributed by atoms with Gasteiger partial charge in [-0.15, -0.1) is 0 Å². The molecule has 1 saturated carbocycles. The Morgan fingerprint density at radius 2 is 1.72 bits per heavy atom. The zero-order valence-corrected chi connectivity index (χ0v) is 21.1. The molecule has 0 unspecified atom stereocenters. The van der Waals surface area contributed by atoms with Crippen molar-refractivity contribution in [1.29, 1.82) is 0 Å². The van der Waals surface area contributed by atoms with Crippen LogP contribution in [0.5, 0.6) is 5.75 Å². The van der Waals surface area contributed by atoms with Crippen LogP contribution < -0.4 is 11.5 Å². The highest BCUT2D eigenvalue weighted by Crippen LogP contribution is 2.53. The van der Waals surface area contributed by atoms with Crippen molar-refractivity contribution in [3.63, 3.8) is 0 Å². The topological polar surface area (TPSA) is 204 Å². The second-order valence-electron chi connectivity index (χ2n) is 10.4. The predicted molar refractivity (Wildman–Crippen MR) is 138 cm³/mol. The fourth-order valence-corrected chi connectivity index (χ4v) is 6.35. The van der Waals surface area contributed by atoms with E-state index >= 15 is 0 Å². The van der Waals surface area contributed by atoms with Crippen LogP contribution in [0, 0.1) is 11.8 Å². The number of aliphatic hydroxyl groups is 3. The van der Waals surface area contributed by atoms with E-state index in [1.54, 1.807) is 30.3 Å². The molecule has 11 nitrogen and oxygen atoms in total. The van der Waals surface area contributed by atoms with Crippen molar-refractivity contribution >= 4 is 29.1 Å². The van der Waals surface area contributed by atoms with Gasteiger partial charge in [0, 0.05) is 17.1 Å². The van der Waals surface area contributed by atoms with Gasteiger partial charge in [0.1, 0.15) is 22.8 Å². The van der Waals surface area contributed by atoms with E-state index in [2.05, 4.69) is 0 Å². The van der Waals surface area contributed by atoms with Crippen LogP contribution in [0.25, 0.3) is 16.9 Å². The maximum atomic E-state index is 13.9. The Kier molecular flexibility index (Phi) is 5.89. The number of phenolic OH excluding ortho intramolecular Hbond substituents is 1. The highest BCUT2D eigenvalue weighted by Gasteiger charge is 2.64. The quantitative estimate of drug-likeness (QED) is 0.306. The van der Waals surface area contributed by atoms with Crippen LogP contribution in [0.4, 0.5) is 0 Å². The lowest BCUT2D eigenvalue weighted by Gasteiger charge is -2.50. The number of phenols is 1. The van der Waals surface area contributed by atoms with E-state index in [9.17, 15) is 39.6 Å². The molecule has 3 aliphatic carbocycles. The number of likely N-dealkylation sites (N-methyl/N-ethyl adjacent to an activating group) is 1. The Hall–Kier alpha value is -4.48. The SMILES string of the molecule is CN(C)[C@H]1C(=O)C(C(N)=O)=C(O)[C@@]2(O)C(=O)C3=C(O)c4c(O)ccc(-c5cccc(C(N)=O)c5)c4C[C@H]3C[C@H]12. The number of hydrogen-bond donors (Lipinski definition) is 6. The summed E-state index contributed by atoms with van der Waals surface area (Å²) in [6.07, 6.45) is 0.0985. The molecule has 0 spiro atoms. The largest absolute Gasteiger partial charge is 0.508 e. The van der Waals surface area contributed by atoms with Crippen molar-refractivity contribution in [2.45, 2.75) is 24.5 Å². The summed E-state index contributed by atoms with van der Waals surface area (Å²) in [5, 5.41) is 44.7. The second-order valence-corrected chi connectivity index (χ2v) is 10.4. The minimum Gasteiger partial charge on any atom is -0.508 e. The van der Waals surface area contributed by atoms with Gasteiger partial charge in [-0.1, -0.05) is 18.2 Å². The number of carbonyl (C=O) groups is 4. The molecule has 0 aliphatic heterocycles. The van der Waals surface area contributed by atoms with Gasteiger partial charge < -0.3 is 31.9 Å². The van der Waals surface area contributed by atoms with Gasteiger partial charge in [0.2, 0.25) is 11.7 Å². The zero-order chi connectivity index (χ0) is 28.5. The van der Waals surface area contributed by atoms with Gasteiger partial charge in [0.05, 0.1) is 11.6 Å². The first-order valence-corrected chi connectivity index (χ1v) is 12.2. The highest BCUT2D eigenvalue weighted by atomic mass is 16.3. The first-order valence-electron chi connectivity index (χ1n) is 12.2. The number of amides is 2. The Morgan fingerprint density at radius 3 is 2.33 bits per heavy atom. The summed E-state index contributed by atoms with van der Waals surface area (Å²) in [5.41, 5.74) is 8.85. The fourth-order valence-electron chi connectivity index (χ4n) is 6.35. The predicted octanol–water partition coefficient (Wildman–Crippen LogP) is 0.730. The number of benzene rings is 2. The summed E-state index contributed by atoms with van der Waals surface area (Å²) >= 11 is 0. The first kappa shape index (κ1) is 26.1. The number of ketones is 2. The third-order valence-electron chi connectivity index (χ3n) is 8.06. The standard InChI is InChI=1S/C28H27N3O8/c1-31(2)21-16-10-13-9-15-14(11-4-3-5-12(8-11)26(29)37)6-7-17(32)19(15)22(33)18(13)24(35)28(16,39)25(36)20(23(21)34)27(30)38/h3-8,13,16,21,32-33,36,39H,9-10H2,1-2H3,(H2,29,37)(H2,30,38)/t13-,16+,21+,28-/m0/s1. The lowest BCUT2D eigenvalue weighted by atomic mass is 9.57. The number of primary amides is 2. The fraction of sp³-hybridized carbons (Fsp3) is 0.286. The molecular formula is C28H27N3O8. The molecule has 0 heterocycles. The van der Waals surface area contributed by atoms with E-state index in [0.29, 0.717) is 16.7 Å². The van der Waals surface area contributed by atoms with Gasteiger partial charge >= 0.3 is 0 Å². The first-order chi connectivity index (χ1) is 18.3. The van der Waals surface area contributed by atoms with E-state index in [1.807, 2.05) is 0 Å². The van der Waals surface area contributed by atoms with E-state index in [0.717, 1.165) is 0 Å². The number of nitrogens with zero attached hydrogens (tertiary/aromatic N) is 1. The number of hydrogen-bond acceptors (Lipinski definition) is 9. The number of Topliss-reactive ketones (excluding diaryl/α,β-unsaturated/α-hetero) is 2. The minimum absolute atomic E-state index is 0.0256. The molecular weight excluding hydrogens is 506 g/mol.